The van der Waals surface area contributed by atoms with E-state index in [9.17, 15) is 4.39 Å². The Hall–Kier alpha value is -0.970. The first-order chi connectivity index (χ1) is 10.1. The van der Waals surface area contributed by atoms with Gasteiger partial charge in [0.1, 0.15) is 5.82 Å². The lowest BCUT2D eigenvalue weighted by Gasteiger charge is -2.20. The van der Waals surface area contributed by atoms with Crippen LogP contribution >= 0.6 is 27.5 Å². The van der Waals surface area contributed by atoms with Crippen LogP contribution in [-0.4, -0.2) is 11.5 Å². The first-order valence-corrected chi connectivity index (χ1v) is 8.06. The fraction of sp³-hybridized carbons (Fsp3) is 0.312. The fourth-order valence-electron chi connectivity index (χ4n) is 2.15. The molecular weight excluding hydrogens is 355 g/mol. The summed E-state index contributed by atoms with van der Waals surface area (Å²) in [6, 6.07) is 8.39. The summed E-state index contributed by atoms with van der Waals surface area (Å²) in [6.45, 7) is 2.98. The maximum absolute atomic E-state index is 13.2. The smallest absolute Gasteiger partial charge is 0.124 e. The molecule has 1 heterocycles. The molecule has 0 radical (unpaired) electrons. The average Bonchev–Trinajstić information content (AvgIpc) is 2.46. The molecular formula is C16H17BrClFN2. The average molecular weight is 372 g/mol. The molecule has 0 saturated carbocycles. The molecule has 0 amide bonds. The lowest BCUT2D eigenvalue weighted by atomic mass is 10.0. The minimum atomic E-state index is -0.250. The van der Waals surface area contributed by atoms with Gasteiger partial charge in [-0.15, -0.1) is 0 Å². The summed E-state index contributed by atoms with van der Waals surface area (Å²) in [4.78, 5) is 4.39. The third kappa shape index (κ3) is 4.50. The van der Waals surface area contributed by atoms with E-state index in [1.807, 2.05) is 12.1 Å². The molecule has 0 bridgehead atoms. The molecule has 0 aliphatic heterocycles. The quantitative estimate of drug-likeness (QED) is 0.779. The summed E-state index contributed by atoms with van der Waals surface area (Å²) in [6.07, 6.45) is 3.45. The van der Waals surface area contributed by atoms with Crippen LogP contribution < -0.4 is 5.32 Å². The van der Waals surface area contributed by atoms with E-state index in [0.717, 1.165) is 28.7 Å². The van der Waals surface area contributed by atoms with Crippen molar-refractivity contribution in [1.29, 1.82) is 0 Å². The Labute approximate surface area is 137 Å². The molecule has 1 unspecified atom stereocenters. The first kappa shape index (κ1) is 16.4. The molecule has 5 heteroatoms. The Bertz CT molecular complexity index is 607. The zero-order valence-corrected chi connectivity index (χ0v) is 14.1. The minimum absolute atomic E-state index is 0.000381. The normalized spacial score (nSPS) is 12.4. The molecule has 0 spiro atoms. The van der Waals surface area contributed by atoms with Crippen molar-refractivity contribution >= 4 is 27.5 Å². The van der Waals surface area contributed by atoms with Gasteiger partial charge in [0.15, 0.2) is 0 Å². The van der Waals surface area contributed by atoms with Gasteiger partial charge in [-0.3, -0.25) is 4.98 Å². The lowest BCUT2D eigenvalue weighted by Crippen LogP contribution is -2.25. The van der Waals surface area contributed by atoms with E-state index in [2.05, 4.69) is 33.2 Å². The van der Waals surface area contributed by atoms with Gasteiger partial charge in [-0.2, -0.15) is 0 Å². The maximum atomic E-state index is 13.2. The van der Waals surface area contributed by atoms with Crippen LogP contribution in [0.1, 0.15) is 30.6 Å². The van der Waals surface area contributed by atoms with Gasteiger partial charge in [-0.1, -0.05) is 40.5 Å². The van der Waals surface area contributed by atoms with Crippen LogP contribution in [0.4, 0.5) is 4.39 Å². The zero-order valence-electron chi connectivity index (χ0n) is 11.7. The van der Waals surface area contributed by atoms with Crippen LogP contribution in [0.3, 0.4) is 0 Å². The standard InChI is InChI=1S/C16H17BrClFN2/c1-2-7-20-15(16-14(18)4-3-8-21-16)9-11-5-6-12(19)10-13(11)17/h3-6,8,10,15,20H,2,7,9H2,1H3. The van der Waals surface area contributed by atoms with Crippen LogP contribution in [0, 0.1) is 5.82 Å². The second-order valence-corrected chi connectivity index (χ2v) is 6.08. The van der Waals surface area contributed by atoms with Gasteiger partial charge < -0.3 is 5.32 Å². The molecule has 0 saturated heterocycles. The van der Waals surface area contributed by atoms with Gasteiger partial charge >= 0.3 is 0 Å². The first-order valence-electron chi connectivity index (χ1n) is 6.89. The molecule has 0 aliphatic carbocycles. The lowest BCUT2D eigenvalue weighted by molar-refractivity contribution is 0.516. The second-order valence-electron chi connectivity index (χ2n) is 4.82. The van der Waals surface area contributed by atoms with E-state index in [4.69, 9.17) is 11.6 Å². The highest BCUT2D eigenvalue weighted by Crippen LogP contribution is 2.27. The summed E-state index contributed by atoms with van der Waals surface area (Å²) in [5.41, 5.74) is 1.84. The predicted octanol–water partition coefficient (Wildman–Crippen LogP) is 4.92. The monoisotopic (exact) mass is 370 g/mol. The number of hydrogen-bond donors (Lipinski definition) is 1. The van der Waals surface area contributed by atoms with E-state index in [-0.39, 0.29) is 11.9 Å². The molecule has 2 rings (SSSR count). The van der Waals surface area contributed by atoms with Crippen molar-refractivity contribution in [1.82, 2.24) is 10.3 Å². The molecule has 1 aromatic carbocycles. The third-order valence-corrected chi connectivity index (χ3v) is 4.25. The van der Waals surface area contributed by atoms with E-state index < -0.39 is 0 Å². The van der Waals surface area contributed by atoms with Crippen molar-refractivity contribution in [3.63, 3.8) is 0 Å². The Kier molecular flexibility index (Phi) is 6.15. The highest BCUT2D eigenvalue weighted by Gasteiger charge is 2.17. The van der Waals surface area contributed by atoms with Gasteiger partial charge in [0, 0.05) is 10.7 Å². The number of halogens is 3. The Morgan fingerprint density at radius 3 is 2.86 bits per heavy atom. The molecule has 0 fully saturated rings. The number of pyridine rings is 1. The Morgan fingerprint density at radius 2 is 2.19 bits per heavy atom. The summed E-state index contributed by atoms with van der Waals surface area (Å²) < 4.78 is 14.0. The van der Waals surface area contributed by atoms with Crippen LogP contribution in [0.15, 0.2) is 41.0 Å². The molecule has 2 aromatic rings. The van der Waals surface area contributed by atoms with E-state index in [1.54, 1.807) is 12.3 Å². The number of benzene rings is 1. The minimum Gasteiger partial charge on any atom is -0.308 e. The van der Waals surface area contributed by atoms with Crippen molar-refractivity contribution in [2.75, 3.05) is 6.54 Å². The molecule has 1 N–H and O–H groups in total. The number of hydrogen-bond acceptors (Lipinski definition) is 2. The summed E-state index contributed by atoms with van der Waals surface area (Å²) in [5.74, 6) is -0.250. The Balaban J connectivity index is 2.26. The summed E-state index contributed by atoms with van der Waals surface area (Å²) >= 11 is 9.67. The predicted molar refractivity (Wildman–Crippen MR) is 88.1 cm³/mol. The zero-order chi connectivity index (χ0) is 15.2. The molecule has 0 aliphatic rings. The van der Waals surface area contributed by atoms with Gasteiger partial charge in [-0.25, -0.2) is 4.39 Å². The van der Waals surface area contributed by atoms with Gasteiger partial charge in [0.2, 0.25) is 0 Å². The SMILES string of the molecule is CCCNC(Cc1ccc(F)cc1Br)c1ncccc1Cl. The van der Waals surface area contributed by atoms with Gasteiger partial charge in [0.05, 0.1) is 16.8 Å². The van der Waals surface area contributed by atoms with E-state index in [0.29, 0.717) is 11.4 Å². The van der Waals surface area contributed by atoms with Crippen LogP contribution in [0.25, 0.3) is 0 Å². The maximum Gasteiger partial charge on any atom is 0.124 e. The van der Waals surface area contributed by atoms with Crippen molar-refractivity contribution in [2.45, 2.75) is 25.8 Å². The molecule has 1 atom stereocenters. The fourth-order valence-corrected chi connectivity index (χ4v) is 2.91. The molecule has 2 nitrogen and oxygen atoms in total. The summed E-state index contributed by atoms with van der Waals surface area (Å²) in [5, 5.41) is 4.10. The highest BCUT2D eigenvalue weighted by molar-refractivity contribution is 9.10. The number of rotatable bonds is 6. The molecule has 112 valence electrons. The highest BCUT2D eigenvalue weighted by atomic mass is 79.9. The van der Waals surface area contributed by atoms with Crippen LogP contribution in [0.5, 0.6) is 0 Å². The van der Waals surface area contributed by atoms with Crippen LogP contribution in [0.2, 0.25) is 5.02 Å². The largest absolute Gasteiger partial charge is 0.308 e. The van der Waals surface area contributed by atoms with Crippen molar-refractivity contribution in [2.24, 2.45) is 0 Å². The van der Waals surface area contributed by atoms with Crippen LogP contribution in [-0.2, 0) is 6.42 Å². The van der Waals surface area contributed by atoms with E-state index >= 15 is 0 Å². The topological polar surface area (TPSA) is 24.9 Å². The third-order valence-electron chi connectivity index (χ3n) is 3.20. The van der Waals surface area contributed by atoms with Crippen molar-refractivity contribution < 1.29 is 4.39 Å². The van der Waals surface area contributed by atoms with Gasteiger partial charge in [-0.05, 0) is 49.2 Å². The van der Waals surface area contributed by atoms with Crippen molar-refractivity contribution in [3.05, 3.63) is 63.1 Å². The molecule has 1 aromatic heterocycles. The molecule has 21 heavy (non-hydrogen) atoms. The number of nitrogens with zero attached hydrogens (tertiary/aromatic N) is 1. The number of aromatic nitrogens is 1. The van der Waals surface area contributed by atoms with E-state index in [1.165, 1.54) is 12.1 Å². The second kappa shape index (κ2) is 7.87. The van der Waals surface area contributed by atoms with Gasteiger partial charge in [0.25, 0.3) is 0 Å². The number of nitrogens with one attached hydrogen (secondary N) is 1. The Morgan fingerprint density at radius 1 is 1.38 bits per heavy atom. The van der Waals surface area contributed by atoms with Crippen molar-refractivity contribution in [3.8, 4) is 0 Å². The summed E-state index contributed by atoms with van der Waals surface area (Å²) in [7, 11) is 0.